The second-order valence-corrected chi connectivity index (χ2v) is 18.9. The van der Waals surface area contributed by atoms with Crippen molar-refractivity contribution in [2.75, 3.05) is 72.5 Å². The van der Waals surface area contributed by atoms with Gasteiger partial charge in [0.15, 0.2) is 11.6 Å². The van der Waals surface area contributed by atoms with E-state index in [1.165, 1.54) is 78.0 Å². The number of hydrogen-bond acceptors (Lipinski definition) is 15. The van der Waals surface area contributed by atoms with Gasteiger partial charge in [0, 0.05) is 57.3 Å². The highest BCUT2D eigenvalue weighted by atomic mass is 16.5. The highest BCUT2D eigenvalue weighted by molar-refractivity contribution is 5.95. The molecule has 0 saturated heterocycles. The van der Waals surface area contributed by atoms with Gasteiger partial charge < -0.3 is 61.1 Å². The fourth-order valence-corrected chi connectivity index (χ4v) is 7.39. The molecule has 10 N–H and O–H groups in total. The zero-order chi connectivity index (χ0) is 54.0. The summed E-state index contributed by atoms with van der Waals surface area (Å²) in [4.78, 5) is 104. The molecule has 1 heterocycles. The number of amides is 4. The molecule has 1 aromatic rings. The van der Waals surface area contributed by atoms with Crippen molar-refractivity contribution in [3.05, 3.63) is 18.2 Å². The summed E-state index contributed by atoms with van der Waals surface area (Å²) in [6, 6.07) is -3.06. The quantitative estimate of drug-likeness (QED) is 0.0422. The molecule has 3 atom stereocenters. The monoisotopic (exact) mass is 1040 g/mol. The molecule has 0 saturated carbocycles. The van der Waals surface area contributed by atoms with Gasteiger partial charge in [0.25, 0.3) is 0 Å². The van der Waals surface area contributed by atoms with Crippen molar-refractivity contribution in [1.29, 1.82) is 0 Å². The lowest BCUT2D eigenvalue weighted by Crippen LogP contribution is -2.57. The topological polar surface area (TPSA) is 329 Å². The van der Waals surface area contributed by atoms with Crippen molar-refractivity contribution in [3.63, 3.8) is 0 Å². The van der Waals surface area contributed by atoms with Crippen LogP contribution in [0.25, 0.3) is 0 Å². The number of imidazole rings is 1. The largest absolute Gasteiger partial charge is 0.480 e. The number of nitrogens with one attached hydrogen (secondary N) is 6. The lowest BCUT2D eigenvalue weighted by molar-refractivity contribution is -0.142. The van der Waals surface area contributed by atoms with Gasteiger partial charge in [0.2, 0.25) is 23.6 Å². The minimum atomic E-state index is -1.29. The average Bonchev–Trinajstić information content (AvgIpc) is 3.86. The summed E-state index contributed by atoms with van der Waals surface area (Å²) in [6.45, 7) is 6.53. The first-order valence-electron chi connectivity index (χ1n) is 26.5. The number of nitrogens with zero attached hydrogens (tertiary/aromatic N) is 1. The van der Waals surface area contributed by atoms with E-state index >= 15 is 0 Å². The van der Waals surface area contributed by atoms with Crippen molar-refractivity contribution in [1.82, 2.24) is 36.6 Å². The zero-order valence-electron chi connectivity index (χ0n) is 44.0. The van der Waals surface area contributed by atoms with E-state index in [-0.39, 0.29) is 121 Å². The maximum Gasteiger partial charge on any atom is 0.326 e. The number of aromatic amines is 1. The third kappa shape index (κ3) is 36.7. The highest BCUT2D eigenvalue weighted by Crippen LogP contribution is 2.14. The zero-order valence-corrected chi connectivity index (χ0v) is 44.0. The fraction of sp³-hybridized carbons (Fsp3) is 0.784. The molecule has 0 aliphatic rings. The number of nitrogens with two attached hydrogens (primary N) is 1. The summed E-state index contributed by atoms with van der Waals surface area (Å²) in [5.41, 5.74) is 5.34. The molecule has 0 bridgehead atoms. The average molecular weight is 1040 g/mol. The molecule has 22 nitrogen and oxygen atoms in total. The van der Waals surface area contributed by atoms with Crippen LogP contribution in [0, 0.1) is 0 Å². The summed E-state index contributed by atoms with van der Waals surface area (Å²) >= 11 is 0. The van der Waals surface area contributed by atoms with Gasteiger partial charge in [-0.1, -0.05) is 84.0 Å². The summed E-state index contributed by atoms with van der Waals surface area (Å²) in [7, 11) is 0. The van der Waals surface area contributed by atoms with Gasteiger partial charge in [-0.2, -0.15) is 0 Å². The van der Waals surface area contributed by atoms with Crippen LogP contribution in [0.4, 0.5) is 0 Å². The number of carbonyl (C=O) groups excluding carboxylic acids is 6. The molecule has 0 aromatic carbocycles. The predicted octanol–water partition coefficient (Wildman–Crippen LogP) is 3.44. The molecule has 0 aliphatic carbocycles. The molecule has 0 spiro atoms. The minimum Gasteiger partial charge on any atom is -0.480 e. The Bertz CT molecular complexity index is 1700. The molecule has 1 aromatic heterocycles. The first-order chi connectivity index (χ1) is 35.0. The number of ketones is 2. The van der Waals surface area contributed by atoms with Crippen molar-refractivity contribution in [3.8, 4) is 0 Å². The van der Waals surface area contributed by atoms with Crippen LogP contribution in [0.5, 0.6) is 0 Å². The minimum absolute atomic E-state index is 0.0214. The van der Waals surface area contributed by atoms with E-state index in [0.717, 1.165) is 19.3 Å². The smallest absolute Gasteiger partial charge is 0.326 e. The Morgan fingerprint density at radius 3 is 1.84 bits per heavy atom. The Morgan fingerprint density at radius 2 is 1.22 bits per heavy atom. The summed E-state index contributed by atoms with van der Waals surface area (Å²) < 4.78 is 21.6. The van der Waals surface area contributed by atoms with Crippen LogP contribution >= 0.6 is 0 Å². The van der Waals surface area contributed by atoms with Crippen LogP contribution in [0.2, 0.25) is 0 Å². The van der Waals surface area contributed by atoms with Crippen LogP contribution in [-0.4, -0.2) is 163 Å². The Balaban J connectivity index is 1.99. The van der Waals surface area contributed by atoms with E-state index in [9.17, 15) is 48.6 Å². The SMILES string of the molecule is CCCCCCCCCCCCCCCC(=O)N[C@@H](CCC(=O)NCCOCCOCC(=O)CCCOCCOCC(=O)NCCCC[C@H](NCC(=O)C(C)(C)NC(=O)[C@@H](N)Cc1cnc[nH]1)C(=O)O)C(=O)O. The van der Waals surface area contributed by atoms with Gasteiger partial charge in [0.05, 0.1) is 57.5 Å². The summed E-state index contributed by atoms with van der Waals surface area (Å²) in [6.07, 6.45) is 20.8. The van der Waals surface area contributed by atoms with E-state index in [0.29, 0.717) is 44.5 Å². The van der Waals surface area contributed by atoms with E-state index in [2.05, 4.69) is 43.5 Å². The fourth-order valence-electron chi connectivity index (χ4n) is 7.39. The lowest BCUT2D eigenvalue weighted by atomic mass is 9.97. The molecular formula is C51H90N8O14. The number of H-pyrrole nitrogens is 1. The Hall–Kier alpha value is -4.87. The molecule has 0 radical (unpaired) electrons. The molecule has 0 aliphatic heterocycles. The molecule has 4 amide bonds. The number of rotatable bonds is 50. The lowest BCUT2D eigenvalue weighted by Gasteiger charge is -2.27. The first kappa shape index (κ1) is 66.1. The number of carboxylic acid groups (broad SMARTS) is 2. The van der Waals surface area contributed by atoms with Gasteiger partial charge in [-0.25, -0.2) is 9.78 Å². The molecular weight excluding hydrogens is 949 g/mol. The third-order valence-corrected chi connectivity index (χ3v) is 11.9. The number of aliphatic carboxylic acids is 2. The van der Waals surface area contributed by atoms with Crippen LogP contribution < -0.4 is 32.3 Å². The van der Waals surface area contributed by atoms with Gasteiger partial charge >= 0.3 is 11.9 Å². The third-order valence-electron chi connectivity index (χ3n) is 11.9. The maximum absolute atomic E-state index is 12.9. The maximum atomic E-state index is 12.9. The predicted molar refractivity (Wildman–Crippen MR) is 273 cm³/mol. The number of carbonyl (C=O) groups is 8. The number of hydrogen-bond donors (Lipinski definition) is 9. The van der Waals surface area contributed by atoms with Gasteiger partial charge in [0.1, 0.15) is 25.3 Å². The van der Waals surface area contributed by atoms with Crippen LogP contribution in [0.15, 0.2) is 12.5 Å². The number of aromatic nitrogens is 2. The first-order valence-corrected chi connectivity index (χ1v) is 26.5. The standard InChI is InChI=1S/C51H90N8O14/c1-4-5-6-7-8-9-10-11-12-13-14-15-16-22-46(63)58-43(50(68)69)23-24-45(62)55-26-28-71-30-31-72-36-40(60)20-19-27-70-29-32-73-37-47(64)54-25-18-17-21-42(49(66)67)56-35-44(61)51(2,3)59-48(65)41(52)33-39-34-53-38-57-39/h34,38,41-43,56H,4-33,35-37,52H2,1-3H3,(H,53,57)(H,54,64)(H,55,62)(H,58,63)(H,59,65)(H,66,67)(H,68,69)/t41-,42-,43-/m0/s1. The molecule has 418 valence electrons. The van der Waals surface area contributed by atoms with Crippen LogP contribution in [0.1, 0.15) is 161 Å². The van der Waals surface area contributed by atoms with E-state index in [4.69, 9.17) is 24.7 Å². The van der Waals surface area contributed by atoms with Crippen molar-refractivity contribution in [2.24, 2.45) is 5.73 Å². The van der Waals surface area contributed by atoms with Crippen LogP contribution in [0.3, 0.4) is 0 Å². The van der Waals surface area contributed by atoms with E-state index in [1.807, 2.05) is 0 Å². The normalized spacial score (nSPS) is 12.7. The number of carboxylic acids is 2. The Morgan fingerprint density at radius 1 is 0.630 bits per heavy atom. The second-order valence-electron chi connectivity index (χ2n) is 18.9. The molecule has 0 unspecified atom stereocenters. The van der Waals surface area contributed by atoms with Gasteiger partial charge in [-0.05, 0) is 52.4 Å². The van der Waals surface area contributed by atoms with Crippen molar-refractivity contribution in [2.45, 2.75) is 186 Å². The molecule has 73 heavy (non-hydrogen) atoms. The Kier molecular flexibility index (Phi) is 38.5. The Labute approximate surface area is 432 Å². The second kappa shape index (κ2) is 42.5. The van der Waals surface area contributed by atoms with Crippen molar-refractivity contribution < 1.29 is 67.5 Å². The van der Waals surface area contributed by atoms with Crippen molar-refractivity contribution >= 4 is 47.1 Å². The molecule has 1 rings (SSSR count). The number of Topliss-reactive ketones (excluding diaryl/α,β-unsaturated/α-hetero) is 2. The number of ether oxygens (including phenoxy) is 4. The summed E-state index contributed by atoms with van der Waals surface area (Å²) in [5, 5.41) is 32.5. The molecule has 22 heteroatoms. The highest BCUT2D eigenvalue weighted by Gasteiger charge is 2.32. The van der Waals surface area contributed by atoms with Crippen LogP contribution in [-0.2, 0) is 63.7 Å². The van der Waals surface area contributed by atoms with E-state index < -0.39 is 47.3 Å². The molecule has 0 fully saturated rings. The van der Waals surface area contributed by atoms with Gasteiger partial charge in [-0.15, -0.1) is 0 Å². The van der Waals surface area contributed by atoms with Gasteiger partial charge in [-0.3, -0.25) is 38.9 Å². The summed E-state index contributed by atoms with van der Waals surface area (Å²) in [5.74, 6) is -4.36. The van der Waals surface area contributed by atoms with E-state index in [1.54, 1.807) is 6.20 Å². The number of unbranched alkanes of at least 4 members (excludes halogenated alkanes) is 13.